The third-order valence-corrected chi connectivity index (χ3v) is 2.79. The number of nitriles is 1. The van der Waals surface area contributed by atoms with E-state index >= 15 is 0 Å². The molecule has 0 saturated carbocycles. The van der Waals surface area contributed by atoms with Crippen molar-refractivity contribution in [3.8, 4) is 11.9 Å². The van der Waals surface area contributed by atoms with Crippen molar-refractivity contribution in [3.63, 3.8) is 0 Å². The second kappa shape index (κ2) is 5.54. The van der Waals surface area contributed by atoms with Gasteiger partial charge >= 0.3 is 0 Å². The quantitative estimate of drug-likeness (QED) is 0.901. The maximum Gasteiger partial charge on any atom is 0.225 e. The fourth-order valence-corrected chi connectivity index (χ4v) is 1.83. The summed E-state index contributed by atoms with van der Waals surface area (Å²) >= 11 is 3.35. The smallest absolute Gasteiger partial charge is 0.225 e. The van der Waals surface area contributed by atoms with Gasteiger partial charge in [-0.1, -0.05) is 15.9 Å². The minimum Gasteiger partial charge on any atom is -0.481 e. The van der Waals surface area contributed by atoms with Crippen LogP contribution >= 0.6 is 15.9 Å². The van der Waals surface area contributed by atoms with Gasteiger partial charge in [0.1, 0.15) is 11.9 Å². The first kappa shape index (κ1) is 13.1. The van der Waals surface area contributed by atoms with Crippen molar-refractivity contribution < 1.29 is 4.74 Å². The second-order valence-electron chi connectivity index (χ2n) is 3.58. The molecule has 0 aliphatic heterocycles. The van der Waals surface area contributed by atoms with Gasteiger partial charge < -0.3 is 15.8 Å². The molecular weight excluding hydrogens is 310 g/mol. The zero-order chi connectivity index (χ0) is 13.8. The molecule has 1 heterocycles. The normalized spacial score (nSPS) is 9.74. The van der Waals surface area contributed by atoms with E-state index in [2.05, 4.69) is 37.3 Å². The number of nitrogens with two attached hydrogens (primary N) is 1. The molecule has 1 aromatic heterocycles. The van der Waals surface area contributed by atoms with Crippen LogP contribution in [-0.4, -0.2) is 17.1 Å². The van der Waals surface area contributed by atoms with Crippen LogP contribution in [-0.2, 0) is 0 Å². The summed E-state index contributed by atoms with van der Waals surface area (Å²) in [5, 5.41) is 12.1. The standard InChI is InChI=1S/C12H10BrN5O/c1-19-11-5-10(17-12(15)18-11)16-9-4-8(13)3-2-7(9)6-14/h2-5H,1H3,(H3,15,16,17,18). The van der Waals surface area contributed by atoms with E-state index in [0.29, 0.717) is 22.9 Å². The fourth-order valence-electron chi connectivity index (χ4n) is 1.47. The monoisotopic (exact) mass is 319 g/mol. The summed E-state index contributed by atoms with van der Waals surface area (Å²) in [5.74, 6) is 0.901. The van der Waals surface area contributed by atoms with Crippen LogP contribution in [0.2, 0.25) is 0 Å². The summed E-state index contributed by atoms with van der Waals surface area (Å²) in [5.41, 5.74) is 6.69. The zero-order valence-electron chi connectivity index (χ0n) is 10.0. The molecule has 0 spiro atoms. The first-order valence-electron chi connectivity index (χ1n) is 5.27. The fraction of sp³-hybridized carbons (Fsp3) is 0.0833. The number of halogens is 1. The molecule has 0 aliphatic carbocycles. The average Bonchev–Trinajstić information content (AvgIpc) is 2.38. The van der Waals surface area contributed by atoms with E-state index < -0.39 is 0 Å². The number of methoxy groups -OCH3 is 1. The molecule has 3 N–H and O–H groups in total. The molecule has 2 aromatic rings. The van der Waals surface area contributed by atoms with E-state index in [1.54, 1.807) is 24.3 Å². The Bertz CT molecular complexity index is 653. The van der Waals surface area contributed by atoms with Gasteiger partial charge in [-0.15, -0.1) is 0 Å². The number of ether oxygens (including phenoxy) is 1. The zero-order valence-corrected chi connectivity index (χ0v) is 11.6. The highest BCUT2D eigenvalue weighted by Gasteiger charge is 2.07. The van der Waals surface area contributed by atoms with E-state index in [1.807, 2.05) is 0 Å². The first-order chi connectivity index (χ1) is 9.12. The summed E-state index contributed by atoms with van der Waals surface area (Å²) in [6, 6.07) is 8.97. The van der Waals surface area contributed by atoms with Crippen molar-refractivity contribution in [1.29, 1.82) is 5.26 Å². The summed E-state index contributed by atoms with van der Waals surface area (Å²) in [6.45, 7) is 0. The average molecular weight is 320 g/mol. The summed E-state index contributed by atoms with van der Waals surface area (Å²) in [4.78, 5) is 7.92. The molecule has 0 amide bonds. The molecule has 7 heteroatoms. The Morgan fingerprint density at radius 3 is 2.84 bits per heavy atom. The number of hydrogen-bond acceptors (Lipinski definition) is 6. The number of nitrogens with one attached hydrogen (secondary N) is 1. The van der Waals surface area contributed by atoms with Crippen LogP contribution in [0.4, 0.5) is 17.5 Å². The van der Waals surface area contributed by atoms with Crippen molar-refractivity contribution in [1.82, 2.24) is 9.97 Å². The lowest BCUT2D eigenvalue weighted by atomic mass is 10.2. The van der Waals surface area contributed by atoms with Crippen LogP contribution in [0.1, 0.15) is 5.56 Å². The van der Waals surface area contributed by atoms with Gasteiger partial charge in [0.05, 0.1) is 18.4 Å². The van der Waals surface area contributed by atoms with Crippen LogP contribution in [0.15, 0.2) is 28.7 Å². The van der Waals surface area contributed by atoms with E-state index in [9.17, 15) is 0 Å². The molecule has 0 aliphatic rings. The SMILES string of the molecule is COc1cc(Nc2cc(Br)ccc2C#N)nc(N)n1. The Morgan fingerprint density at radius 2 is 2.16 bits per heavy atom. The van der Waals surface area contributed by atoms with Crippen LogP contribution in [0, 0.1) is 11.3 Å². The molecule has 0 radical (unpaired) electrons. The minimum absolute atomic E-state index is 0.0929. The van der Waals surface area contributed by atoms with Gasteiger partial charge in [0.25, 0.3) is 0 Å². The van der Waals surface area contributed by atoms with Crippen molar-refractivity contribution in [3.05, 3.63) is 34.3 Å². The largest absolute Gasteiger partial charge is 0.481 e. The number of nitrogens with zero attached hydrogens (tertiary/aromatic N) is 3. The highest BCUT2D eigenvalue weighted by atomic mass is 79.9. The van der Waals surface area contributed by atoms with Gasteiger partial charge in [-0.2, -0.15) is 15.2 Å². The van der Waals surface area contributed by atoms with Crippen LogP contribution in [0.5, 0.6) is 5.88 Å². The Hall–Kier alpha value is -2.33. The number of nitrogen functional groups attached to an aromatic ring is 1. The molecule has 0 bridgehead atoms. The van der Waals surface area contributed by atoms with Gasteiger partial charge in [0.2, 0.25) is 11.8 Å². The van der Waals surface area contributed by atoms with Gasteiger partial charge in [0, 0.05) is 10.5 Å². The highest BCUT2D eigenvalue weighted by Crippen LogP contribution is 2.25. The Morgan fingerprint density at radius 1 is 1.37 bits per heavy atom. The number of aromatic nitrogens is 2. The van der Waals surface area contributed by atoms with E-state index in [0.717, 1.165) is 4.47 Å². The molecule has 1 aromatic carbocycles. The minimum atomic E-state index is 0.0929. The van der Waals surface area contributed by atoms with E-state index in [1.165, 1.54) is 7.11 Å². The molecule has 0 atom stereocenters. The van der Waals surface area contributed by atoms with Gasteiger partial charge in [0.15, 0.2) is 0 Å². The van der Waals surface area contributed by atoms with E-state index in [4.69, 9.17) is 15.7 Å². The molecule has 96 valence electrons. The lowest BCUT2D eigenvalue weighted by Gasteiger charge is -2.09. The topological polar surface area (TPSA) is 96.8 Å². The molecule has 0 saturated heterocycles. The maximum atomic E-state index is 9.06. The Balaban J connectivity index is 2.38. The van der Waals surface area contributed by atoms with Crippen LogP contribution < -0.4 is 15.8 Å². The lowest BCUT2D eigenvalue weighted by molar-refractivity contribution is 0.398. The Kier molecular flexibility index (Phi) is 3.82. The molecule has 2 rings (SSSR count). The van der Waals surface area contributed by atoms with E-state index in [-0.39, 0.29) is 5.95 Å². The molecule has 0 fully saturated rings. The number of anilines is 3. The summed E-state index contributed by atoms with van der Waals surface area (Å²) in [7, 11) is 1.49. The third-order valence-electron chi connectivity index (χ3n) is 2.29. The lowest BCUT2D eigenvalue weighted by Crippen LogP contribution is -2.02. The molecule has 19 heavy (non-hydrogen) atoms. The number of hydrogen-bond donors (Lipinski definition) is 2. The first-order valence-corrected chi connectivity index (χ1v) is 6.07. The summed E-state index contributed by atoms with van der Waals surface area (Å²) in [6.07, 6.45) is 0. The van der Waals surface area contributed by atoms with Crippen molar-refractivity contribution in [2.75, 3.05) is 18.2 Å². The van der Waals surface area contributed by atoms with Crippen molar-refractivity contribution >= 4 is 33.4 Å². The van der Waals surface area contributed by atoms with Crippen LogP contribution in [0.3, 0.4) is 0 Å². The maximum absolute atomic E-state index is 9.06. The predicted octanol–water partition coefficient (Wildman–Crippen LogP) is 2.45. The number of rotatable bonds is 3. The predicted molar refractivity (Wildman–Crippen MR) is 75.1 cm³/mol. The Labute approximate surface area is 118 Å². The number of benzene rings is 1. The van der Waals surface area contributed by atoms with Crippen LogP contribution in [0.25, 0.3) is 0 Å². The third kappa shape index (κ3) is 3.11. The molecule has 6 nitrogen and oxygen atoms in total. The summed E-state index contributed by atoms with van der Waals surface area (Å²) < 4.78 is 5.86. The highest BCUT2D eigenvalue weighted by molar-refractivity contribution is 9.10. The molecular formula is C12H10BrN5O. The van der Waals surface area contributed by atoms with Gasteiger partial charge in [-0.25, -0.2) is 0 Å². The van der Waals surface area contributed by atoms with Gasteiger partial charge in [-0.3, -0.25) is 0 Å². The second-order valence-corrected chi connectivity index (χ2v) is 4.50. The molecule has 0 unspecified atom stereocenters. The van der Waals surface area contributed by atoms with Gasteiger partial charge in [-0.05, 0) is 18.2 Å². The van der Waals surface area contributed by atoms with Crippen molar-refractivity contribution in [2.45, 2.75) is 0 Å². The van der Waals surface area contributed by atoms with Crippen molar-refractivity contribution in [2.24, 2.45) is 0 Å².